The monoisotopic (exact) mass is 288 g/mol. The first-order valence-electron chi connectivity index (χ1n) is 2.68. The molecule has 0 unspecified atom stereocenters. The summed E-state index contributed by atoms with van der Waals surface area (Å²) in [6, 6.07) is 0. The molecule has 14 heavy (non-hydrogen) atoms. The van der Waals surface area contributed by atoms with Crippen LogP contribution in [0.3, 0.4) is 0 Å². The zero-order chi connectivity index (χ0) is 11.4. The van der Waals surface area contributed by atoms with Crippen LogP contribution >= 0.6 is 0 Å². The van der Waals surface area contributed by atoms with Gasteiger partial charge in [-0.1, -0.05) is 0 Å². The van der Waals surface area contributed by atoms with Crippen LogP contribution in [0.1, 0.15) is 13.3 Å². The largest absolute Gasteiger partial charge is 1.00 e. The van der Waals surface area contributed by atoms with Gasteiger partial charge in [-0.15, -0.1) is 0 Å². The van der Waals surface area contributed by atoms with Crippen molar-refractivity contribution in [3.05, 3.63) is 0 Å². The van der Waals surface area contributed by atoms with E-state index in [1.807, 2.05) is 0 Å². The Bertz CT molecular complexity index is 189. The molecule has 0 aromatic heterocycles. The van der Waals surface area contributed by atoms with Crippen LogP contribution < -0.4 is 5.11 Å². The van der Waals surface area contributed by atoms with Crippen molar-refractivity contribution in [1.82, 2.24) is 0 Å². The quantitative estimate of drug-likeness (QED) is 0.322. The van der Waals surface area contributed by atoms with Crippen LogP contribution in [0.5, 0.6) is 0 Å². The van der Waals surface area contributed by atoms with E-state index >= 15 is 0 Å². The number of hydrogen-bond donors (Lipinski definition) is 0. The second-order valence-corrected chi connectivity index (χ2v) is 1.59. The fourth-order valence-electron chi connectivity index (χ4n) is 0.298. The molecular weight excluding hydrogens is 283 g/mol. The Labute approximate surface area is 93.4 Å². The van der Waals surface area contributed by atoms with Crippen LogP contribution in [-0.4, -0.2) is 31.1 Å². The molecule has 4 radical (unpaired) electrons. The van der Waals surface area contributed by atoms with Gasteiger partial charge in [0.05, 0.1) is 6.42 Å². The third-order valence-corrected chi connectivity index (χ3v) is 0.637. The predicted molar refractivity (Wildman–Crippen MR) is 36.7 cm³/mol. The summed E-state index contributed by atoms with van der Waals surface area (Å²) in [5.74, 6) is -3.43. The van der Waals surface area contributed by atoms with Crippen LogP contribution in [0.25, 0.3) is 0 Å². The normalized spacial score (nSPS) is 6.07. The first kappa shape index (κ1) is 23.0. The van der Waals surface area contributed by atoms with Crippen molar-refractivity contribution in [3.8, 4) is 0 Å². The van der Waals surface area contributed by atoms with Crippen molar-refractivity contribution in [1.29, 1.82) is 0 Å². The van der Waals surface area contributed by atoms with Gasteiger partial charge in [0.25, 0.3) is 13.6 Å². The van der Waals surface area contributed by atoms with Crippen molar-refractivity contribution < 1.29 is 48.6 Å². The molecule has 0 bridgehead atoms. The number of hydrogen-bond acceptors (Lipinski definition) is 6. The van der Waals surface area contributed by atoms with E-state index in [-0.39, 0.29) is 19.5 Å². The molecule has 7 heteroatoms. The van der Waals surface area contributed by atoms with Gasteiger partial charge in [-0.3, -0.25) is 19.2 Å². The number of rotatable bonds is 3. The number of aliphatic carboxylic acids is 1. The van der Waals surface area contributed by atoms with E-state index in [2.05, 4.69) is 13.6 Å². The molecular formula is C7H5O6Rh. The Balaban J connectivity index is -0.0000000883. The molecule has 0 aliphatic heterocycles. The van der Waals surface area contributed by atoms with Crippen LogP contribution in [0.4, 0.5) is 0 Å². The molecule has 0 amide bonds. The molecule has 0 aromatic carbocycles. The van der Waals surface area contributed by atoms with E-state index in [1.165, 1.54) is 0 Å². The zero-order valence-corrected chi connectivity index (χ0v) is 8.63. The molecule has 0 aliphatic carbocycles. The fourth-order valence-corrected chi connectivity index (χ4v) is 0.298. The SMILES string of the molecule is CC(=O)CC(=O)C(=O)[O-].[C]=O.[C]=O.[Rh+]. The third-order valence-electron chi connectivity index (χ3n) is 0.637. The molecule has 0 heterocycles. The number of carboxylic acids is 1. The predicted octanol–water partition coefficient (Wildman–Crippen LogP) is -2.51. The van der Waals surface area contributed by atoms with Gasteiger partial charge in [-0.2, -0.15) is 0 Å². The first-order chi connectivity index (χ1) is 6.04. The van der Waals surface area contributed by atoms with Gasteiger partial charge in [-0.25, -0.2) is 0 Å². The average Bonchev–Trinajstić information content (AvgIpc) is 2.10. The molecule has 0 spiro atoms. The molecule has 0 aromatic rings. The van der Waals surface area contributed by atoms with E-state index in [0.29, 0.717) is 0 Å². The Morgan fingerprint density at radius 2 is 1.36 bits per heavy atom. The minimum absolute atomic E-state index is 0. The molecule has 0 saturated carbocycles. The summed E-state index contributed by atoms with van der Waals surface area (Å²) in [7, 11) is 0. The van der Waals surface area contributed by atoms with Crippen molar-refractivity contribution >= 4 is 31.1 Å². The average molecular weight is 288 g/mol. The van der Waals surface area contributed by atoms with Crippen molar-refractivity contribution in [2.24, 2.45) is 0 Å². The number of carbonyl (C=O) groups is 3. The van der Waals surface area contributed by atoms with E-state index in [4.69, 9.17) is 9.59 Å². The molecule has 0 aliphatic rings. The maximum Gasteiger partial charge on any atom is 1.00 e. The molecule has 0 rings (SSSR count). The summed E-state index contributed by atoms with van der Waals surface area (Å²) in [5, 5.41) is 9.62. The van der Waals surface area contributed by atoms with E-state index in [0.717, 1.165) is 6.92 Å². The summed E-state index contributed by atoms with van der Waals surface area (Å²) < 4.78 is 0. The van der Waals surface area contributed by atoms with E-state index in [9.17, 15) is 19.5 Å². The van der Waals surface area contributed by atoms with Gasteiger partial charge in [0.15, 0.2) is 5.78 Å². The minimum Gasteiger partial charge on any atom is -0.542 e. The molecule has 0 N–H and O–H groups in total. The number of carboxylic acid groups (broad SMARTS) is 1. The van der Waals surface area contributed by atoms with Gasteiger partial charge in [0.2, 0.25) is 0 Å². The topological polar surface area (TPSA) is 108 Å². The standard InChI is InChI=1S/C5H6O4.2CO.Rh/c1-3(6)2-4(7)5(8)9;2*1-2;/h2H2,1H3,(H,8,9);;;/q;;;+1/p-1. The van der Waals surface area contributed by atoms with Crippen LogP contribution in [0.2, 0.25) is 0 Å². The van der Waals surface area contributed by atoms with Gasteiger partial charge in [0, 0.05) is 0 Å². The van der Waals surface area contributed by atoms with Gasteiger partial charge >= 0.3 is 19.5 Å². The van der Waals surface area contributed by atoms with Crippen LogP contribution in [-0.2, 0) is 43.5 Å². The third kappa shape index (κ3) is 22.4. The molecule has 78 valence electrons. The van der Waals surface area contributed by atoms with Gasteiger partial charge in [-0.05, 0) is 6.92 Å². The fraction of sp³-hybridized carbons (Fsp3) is 0.286. The molecule has 0 fully saturated rings. The van der Waals surface area contributed by atoms with Crippen LogP contribution in [0.15, 0.2) is 0 Å². The second kappa shape index (κ2) is 17.8. The molecule has 0 atom stereocenters. The molecule has 6 nitrogen and oxygen atoms in total. The maximum absolute atomic E-state index is 10.1. The van der Waals surface area contributed by atoms with Gasteiger partial charge < -0.3 is 9.90 Å². The van der Waals surface area contributed by atoms with Crippen molar-refractivity contribution in [2.75, 3.05) is 0 Å². The Morgan fingerprint density at radius 3 is 1.43 bits per heavy atom. The van der Waals surface area contributed by atoms with Crippen LogP contribution in [0, 0.1) is 0 Å². The van der Waals surface area contributed by atoms with Gasteiger partial charge in [0.1, 0.15) is 11.8 Å². The summed E-state index contributed by atoms with van der Waals surface area (Å²) in [6.45, 7) is 10.1. The Kier molecular flexibility index (Phi) is 29.2. The van der Waals surface area contributed by atoms with E-state index in [1.54, 1.807) is 0 Å². The Morgan fingerprint density at radius 1 is 1.07 bits per heavy atom. The van der Waals surface area contributed by atoms with E-state index < -0.39 is 24.0 Å². The minimum atomic E-state index is -1.80. The number of carbonyl (C=O) groups excluding carboxylic acids is 5. The van der Waals surface area contributed by atoms with Crippen molar-refractivity contribution in [2.45, 2.75) is 13.3 Å². The number of ketones is 2. The number of Topliss-reactive ketones (excluding diaryl/α,β-unsaturated/α-hetero) is 2. The zero-order valence-electron chi connectivity index (χ0n) is 6.99. The first-order valence-corrected chi connectivity index (χ1v) is 2.68. The van der Waals surface area contributed by atoms with Crippen molar-refractivity contribution in [3.63, 3.8) is 0 Å². The summed E-state index contributed by atoms with van der Waals surface area (Å²) in [4.78, 5) is 44.7. The second-order valence-electron chi connectivity index (χ2n) is 1.59. The smallest absolute Gasteiger partial charge is 0.542 e. The Hall–Kier alpha value is -1.23. The molecule has 0 saturated heterocycles. The maximum atomic E-state index is 10.1. The summed E-state index contributed by atoms with van der Waals surface area (Å²) >= 11 is 0. The summed E-state index contributed by atoms with van der Waals surface area (Å²) in [6.07, 6.45) is -0.567. The summed E-state index contributed by atoms with van der Waals surface area (Å²) in [5.41, 5.74) is 0.